The maximum absolute atomic E-state index is 11.4. The van der Waals surface area contributed by atoms with E-state index in [1.807, 2.05) is 13.8 Å². The zero-order valence-electron chi connectivity index (χ0n) is 8.63. The minimum absolute atomic E-state index is 0.0113. The number of carbonyl (C=O) groups is 1. The first-order chi connectivity index (χ1) is 6.11. The first-order valence-corrected chi connectivity index (χ1v) is 4.76. The third kappa shape index (κ3) is 5.60. The smallest absolute Gasteiger partial charge is 0.237 e. The Morgan fingerprint density at radius 2 is 2.08 bits per heavy atom. The van der Waals surface area contributed by atoms with Gasteiger partial charge in [-0.1, -0.05) is 6.92 Å². The quantitative estimate of drug-likeness (QED) is 0.544. The zero-order valence-corrected chi connectivity index (χ0v) is 8.63. The van der Waals surface area contributed by atoms with Gasteiger partial charge in [-0.3, -0.25) is 4.79 Å². The number of amides is 1. The molecule has 13 heavy (non-hydrogen) atoms. The van der Waals surface area contributed by atoms with E-state index in [0.29, 0.717) is 6.54 Å². The molecule has 0 aliphatic carbocycles. The highest BCUT2D eigenvalue weighted by molar-refractivity contribution is 5.81. The Labute approximate surface area is 79.7 Å². The molecule has 0 rings (SSSR count). The van der Waals surface area contributed by atoms with Gasteiger partial charge in [-0.15, -0.1) is 0 Å². The van der Waals surface area contributed by atoms with Gasteiger partial charge in [0.1, 0.15) is 0 Å². The zero-order chi connectivity index (χ0) is 10.3. The van der Waals surface area contributed by atoms with Crippen LogP contribution in [0, 0.1) is 0 Å². The van der Waals surface area contributed by atoms with E-state index in [1.165, 1.54) is 0 Å². The third-order valence-corrected chi connectivity index (χ3v) is 1.96. The summed E-state index contributed by atoms with van der Waals surface area (Å²) in [7, 11) is 0. The molecule has 0 aromatic heterocycles. The van der Waals surface area contributed by atoms with Gasteiger partial charge in [-0.2, -0.15) is 0 Å². The van der Waals surface area contributed by atoms with Gasteiger partial charge >= 0.3 is 0 Å². The molecule has 0 aromatic carbocycles. The number of aliphatic hydroxyl groups excluding tert-OH is 1. The molecule has 2 unspecified atom stereocenters. The lowest BCUT2D eigenvalue weighted by Crippen LogP contribution is -2.45. The van der Waals surface area contributed by atoms with Gasteiger partial charge in [-0.05, 0) is 20.3 Å². The molecule has 0 aliphatic heterocycles. The summed E-state index contributed by atoms with van der Waals surface area (Å²) in [5, 5.41) is 14.3. The number of nitrogens with one attached hydrogen (secondary N) is 2. The minimum atomic E-state index is -0.235. The van der Waals surface area contributed by atoms with E-state index in [9.17, 15) is 4.79 Å². The first kappa shape index (κ1) is 12.4. The number of hydrogen-bond acceptors (Lipinski definition) is 3. The molecule has 0 heterocycles. The molecule has 0 aromatic rings. The lowest BCUT2D eigenvalue weighted by atomic mass is 10.2. The topological polar surface area (TPSA) is 61.4 Å². The summed E-state index contributed by atoms with van der Waals surface area (Å²) in [4.78, 5) is 11.4. The van der Waals surface area contributed by atoms with E-state index in [2.05, 4.69) is 10.6 Å². The van der Waals surface area contributed by atoms with Crippen molar-refractivity contribution in [3.8, 4) is 0 Å². The van der Waals surface area contributed by atoms with Crippen molar-refractivity contribution in [1.29, 1.82) is 0 Å². The standard InChI is InChI=1S/C9H20N2O2/c1-4-7(2)11-9(13)8(3)10-5-6-12/h7-8,10,12H,4-6H2,1-3H3,(H,11,13). The number of rotatable bonds is 6. The fourth-order valence-corrected chi connectivity index (χ4v) is 0.844. The van der Waals surface area contributed by atoms with Crippen molar-refractivity contribution in [1.82, 2.24) is 10.6 Å². The summed E-state index contributed by atoms with van der Waals surface area (Å²) >= 11 is 0. The van der Waals surface area contributed by atoms with Crippen molar-refractivity contribution in [3.63, 3.8) is 0 Å². The summed E-state index contributed by atoms with van der Waals surface area (Å²) in [6.07, 6.45) is 0.929. The Bertz CT molecular complexity index is 151. The third-order valence-electron chi connectivity index (χ3n) is 1.96. The van der Waals surface area contributed by atoms with Gasteiger partial charge in [0, 0.05) is 12.6 Å². The molecule has 0 spiro atoms. The van der Waals surface area contributed by atoms with E-state index in [1.54, 1.807) is 6.92 Å². The van der Waals surface area contributed by atoms with Crippen molar-refractivity contribution >= 4 is 5.91 Å². The van der Waals surface area contributed by atoms with Gasteiger partial charge in [0.25, 0.3) is 0 Å². The van der Waals surface area contributed by atoms with Gasteiger partial charge in [0.05, 0.1) is 12.6 Å². The molecule has 4 nitrogen and oxygen atoms in total. The van der Waals surface area contributed by atoms with Crippen LogP contribution in [0.2, 0.25) is 0 Å². The maximum atomic E-state index is 11.4. The first-order valence-electron chi connectivity index (χ1n) is 4.76. The second-order valence-electron chi connectivity index (χ2n) is 3.22. The number of aliphatic hydroxyl groups is 1. The summed E-state index contributed by atoms with van der Waals surface area (Å²) < 4.78 is 0. The van der Waals surface area contributed by atoms with Crippen LogP contribution >= 0.6 is 0 Å². The van der Waals surface area contributed by atoms with Crippen LogP contribution in [-0.4, -0.2) is 36.2 Å². The van der Waals surface area contributed by atoms with E-state index in [-0.39, 0.29) is 24.6 Å². The van der Waals surface area contributed by atoms with Gasteiger partial charge in [0.15, 0.2) is 0 Å². The molecule has 0 saturated heterocycles. The average Bonchev–Trinajstić information content (AvgIpc) is 2.13. The van der Waals surface area contributed by atoms with Crippen LogP contribution in [0.25, 0.3) is 0 Å². The average molecular weight is 188 g/mol. The SMILES string of the molecule is CCC(C)NC(=O)C(C)NCCO. The van der Waals surface area contributed by atoms with Gasteiger partial charge in [0.2, 0.25) is 5.91 Å². The fraction of sp³-hybridized carbons (Fsp3) is 0.889. The van der Waals surface area contributed by atoms with Crippen LogP contribution in [0.3, 0.4) is 0 Å². The highest BCUT2D eigenvalue weighted by Crippen LogP contribution is 1.89. The van der Waals surface area contributed by atoms with E-state index in [0.717, 1.165) is 6.42 Å². The van der Waals surface area contributed by atoms with Crippen molar-refractivity contribution in [3.05, 3.63) is 0 Å². The normalized spacial score (nSPS) is 15.1. The Balaban J connectivity index is 3.68. The summed E-state index contributed by atoms with van der Waals surface area (Å²) in [6, 6.07) is -0.0213. The molecule has 4 heteroatoms. The van der Waals surface area contributed by atoms with E-state index in [4.69, 9.17) is 5.11 Å². The highest BCUT2D eigenvalue weighted by atomic mass is 16.3. The molecule has 2 atom stereocenters. The highest BCUT2D eigenvalue weighted by Gasteiger charge is 2.12. The summed E-state index contributed by atoms with van der Waals surface area (Å²) in [5.41, 5.74) is 0. The molecule has 78 valence electrons. The van der Waals surface area contributed by atoms with Crippen LogP contribution in [0.15, 0.2) is 0 Å². The van der Waals surface area contributed by atoms with Crippen molar-refractivity contribution in [2.45, 2.75) is 39.3 Å². The molecule has 1 amide bonds. The predicted octanol–water partition coefficient (Wildman–Crippen LogP) is -0.128. The van der Waals surface area contributed by atoms with Crippen LogP contribution in [0.5, 0.6) is 0 Å². The Morgan fingerprint density at radius 3 is 2.54 bits per heavy atom. The van der Waals surface area contributed by atoms with Crippen LogP contribution < -0.4 is 10.6 Å². The molecule has 0 saturated carbocycles. The second-order valence-corrected chi connectivity index (χ2v) is 3.22. The van der Waals surface area contributed by atoms with Crippen molar-refractivity contribution < 1.29 is 9.90 Å². The monoisotopic (exact) mass is 188 g/mol. The summed E-state index contributed by atoms with van der Waals surface area (Å²) in [6.45, 7) is 6.29. The van der Waals surface area contributed by atoms with Crippen LogP contribution in [-0.2, 0) is 4.79 Å². The van der Waals surface area contributed by atoms with E-state index >= 15 is 0 Å². The molecule has 0 radical (unpaired) electrons. The van der Waals surface area contributed by atoms with E-state index < -0.39 is 0 Å². The molecule has 0 aliphatic rings. The van der Waals surface area contributed by atoms with Crippen molar-refractivity contribution in [2.24, 2.45) is 0 Å². The largest absolute Gasteiger partial charge is 0.395 e. The Morgan fingerprint density at radius 1 is 1.46 bits per heavy atom. The minimum Gasteiger partial charge on any atom is -0.395 e. The van der Waals surface area contributed by atoms with Crippen LogP contribution in [0.1, 0.15) is 27.2 Å². The van der Waals surface area contributed by atoms with Gasteiger partial charge in [-0.25, -0.2) is 0 Å². The molecule has 0 bridgehead atoms. The lowest BCUT2D eigenvalue weighted by Gasteiger charge is -2.16. The van der Waals surface area contributed by atoms with Crippen molar-refractivity contribution in [2.75, 3.05) is 13.2 Å². The molecular formula is C9H20N2O2. The Kier molecular flexibility index (Phi) is 6.54. The number of carbonyl (C=O) groups excluding carboxylic acids is 1. The predicted molar refractivity (Wildman–Crippen MR) is 52.4 cm³/mol. The fourth-order valence-electron chi connectivity index (χ4n) is 0.844. The van der Waals surface area contributed by atoms with Crippen LogP contribution in [0.4, 0.5) is 0 Å². The maximum Gasteiger partial charge on any atom is 0.237 e. The number of hydrogen-bond donors (Lipinski definition) is 3. The lowest BCUT2D eigenvalue weighted by molar-refractivity contribution is -0.123. The van der Waals surface area contributed by atoms with Gasteiger partial charge < -0.3 is 15.7 Å². The molecule has 0 fully saturated rings. The Hall–Kier alpha value is -0.610. The molecular weight excluding hydrogens is 168 g/mol. The summed E-state index contributed by atoms with van der Waals surface area (Å²) in [5.74, 6) is -0.0113. The molecule has 3 N–H and O–H groups in total. The second kappa shape index (κ2) is 6.86.